The minimum atomic E-state index is -4.34. The summed E-state index contributed by atoms with van der Waals surface area (Å²) in [7, 11) is 0. The number of piperazine rings is 1. The van der Waals surface area contributed by atoms with Crippen LogP contribution in [0.3, 0.4) is 0 Å². The van der Waals surface area contributed by atoms with E-state index in [-0.39, 0.29) is 0 Å². The normalized spacial score (nSPS) is 15.3. The van der Waals surface area contributed by atoms with Gasteiger partial charge >= 0.3 is 6.18 Å². The zero-order valence-corrected chi connectivity index (χ0v) is 17.3. The first-order valence-corrected chi connectivity index (χ1v) is 10.3. The summed E-state index contributed by atoms with van der Waals surface area (Å²) in [6.07, 6.45) is -2.78. The van der Waals surface area contributed by atoms with E-state index < -0.39 is 11.7 Å². The van der Waals surface area contributed by atoms with E-state index in [0.29, 0.717) is 31.9 Å². The summed E-state index contributed by atoms with van der Waals surface area (Å²) in [6, 6.07) is 11.5. The Bertz CT molecular complexity index is 1230. The Morgan fingerprint density at radius 3 is 2.47 bits per heavy atom. The van der Waals surface area contributed by atoms with Gasteiger partial charge in [0.15, 0.2) is 5.82 Å². The number of nitrogens with one attached hydrogen (secondary N) is 1. The van der Waals surface area contributed by atoms with Crippen LogP contribution in [0.15, 0.2) is 53.3 Å². The van der Waals surface area contributed by atoms with Crippen molar-refractivity contribution in [2.45, 2.75) is 6.18 Å². The van der Waals surface area contributed by atoms with E-state index in [0.717, 1.165) is 38.3 Å². The largest absolute Gasteiger partial charge is 0.416 e. The van der Waals surface area contributed by atoms with E-state index in [1.807, 2.05) is 23.1 Å². The van der Waals surface area contributed by atoms with Crippen LogP contribution in [0, 0.1) is 0 Å². The van der Waals surface area contributed by atoms with Crippen molar-refractivity contribution < 1.29 is 13.2 Å². The lowest BCUT2D eigenvalue weighted by atomic mass is 10.1. The van der Waals surface area contributed by atoms with Crippen molar-refractivity contribution in [3.63, 3.8) is 0 Å². The van der Waals surface area contributed by atoms with Crippen molar-refractivity contribution in [2.75, 3.05) is 36.0 Å². The lowest BCUT2D eigenvalue weighted by Gasteiger charge is -2.37. The number of H-pyrrole nitrogens is 1. The Labute approximate surface area is 178 Å². The maximum Gasteiger partial charge on any atom is 0.416 e. The summed E-state index contributed by atoms with van der Waals surface area (Å²) in [5, 5.41) is 1.02. The van der Waals surface area contributed by atoms with Crippen LogP contribution < -0.4 is 9.80 Å². The van der Waals surface area contributed by atoms with E-state index in [4.69, 9.17) is 0 Å². The van der Waals surface area contributed by atoms with Gasteiger partial charge in [-0.25, -0.2) is 9.97 Å². The number of fused-ring (bicyclic) bond motifs is 3. The molecule has 1 saturated heterocycles. The third kappa shape index (κ3) is 3.36. The molecule has 0 aliphatic carbocycles. The van der Waals surface area contributed by atoms with E-state index in [1.165, 1.54) is 12.1 Å². The SMILES string of the molecule is FC(F)(F)c1cccc(N2CCN(c3ncnc4c3[nH]c3ccc(Br)cc34)CC2)c1. The van der Waals surface area contributed by atoms with Crippen molar-refractivity contribution in [3.8, 4) is 0 Å². The fourth-order valence-electron chi connectivity index (χ4n) is 3.95. The van der Waals surface area contributed by atoms with Gasteiger partial charge in [-0.2, -0.15) is 13.2 Å². The minimum absolute atomic E-state index is 0.591. The maximum absolute atomic E-state index is 13.0. The molecule has 1 N–H and O–H groups in total. The quantitative estimate of drug-likeness (QED) is 0.431. The maximum atomic E-state index is 13.0. The van der Waals surface area contributed by atoms with E-state index in [1.54, 1.807) is 12.4 Å². The predicted octanol–water partition coefficient (Wildman–Crippen LogP) is 5.22. The highest BCUT2D eigenvalue weighted by atomic mass is 79.9. The molecule has 1 aliphatic heterocycles. The number of anilines is 2. The number of hydrogen-bond acceptors (Lipinski definition) is 4. The molecule has 0 amide bonds. The zero-order valence-electron chi connectivity index (χ0n) is 15.7. The Morgan fingerprint density at radius 2 is 1.70 bits per heavy atom. The second-order valence-corrected chi connectivity index (χ2v) is 8.17. The fourth-order valence-corrected chi connectivity index (χ4v) is 4.31. The first-order chi connectivity index (χ1) is 14.4. The molecule has 9 heteroatoms. The minimum Gasteiger partial charge on any atom is -0.368 e. The van der Waals surface area contributed by atoms with Crippen LogP contribution in [0.2, 0.25) is 0 Å². The number of aromatic amines is 1. The third-order valence-corrected chi connectivity index (χ3v) is 5.93. The van der Waals surface area contributed by atoms with Crippen molar-refractivity contribution in [3.05, 3.63) is 58.8 Å². The van der Waals surface area contributed by atoms with Gasteiger partial charge < -0.3 is 14.8 Å². The molecule has 1 fully saturated rings. The summed E-state index contributed by atoms with van der Waals surface area (Å²) in [4.78, 5) is 16.5. The van der Waals surface area contributed by atoms with Crippen LogP contribution in [-0.4, -0.2) is 41.1 Å². The Hall–Kier alpha value is -2.81. The summed E-state index contributed by atoms with van der Waals surface area (Å²) in [5.74, 6) is 0.816. The van der Waals surface area contributed by atoms with Crippen LogP contribution in [0.25, 0.3) is 21.9 Å². The molecule has 0 atom stereocenters. The molecule has 0 radical (unpaired) electrons. The number of benzene rings is 2. The first kappa shape index (κ1) is 19.2. The highest BCUT2D eigenvalue weighted by Crippen LogP contribution is 2.33. The van der Waals surface area contributed by atoms with Crippen LogP contribution >= 0.6 is 15.9 Å². The van der Waals surface area contributed by atoms with Gasteiger partial charge in [0.05, 0.1) is 5.56 Å². The lowest BCUT2D eigenvalue weighted by Crippen LogP contribution is -2.47. The van der Waals surface area contributed by atoms with Gasteiger partial charge in [0.25, 0.3) is 0 Å². The Balaban J connectivity index is 1.41. The number of rotatable bonds is 2. The number of hydrogen-bond donors (Lipinski definition) is 1. The molecule has 0 bridgehead atoms. The zero-order chi connectivity index (χ0) is 20.9. The van der Waals surface area contributed by atoms with Gasteiger partial charge in [-0.1, -0.05) is 22.0 Å². The summed E-state index contributed by atoms with van der Waals surface area (Å²) in [5.41, 5.74) is 2.68. The number of alkyl halides is 3. The average Bonchev–Trinajstić information content (AvgIpc) is 3.11. The Morgan fingerprint density at radius 1 is 0.933 bits per heavy atom. The van der Waals surface area contributed by atoms with Gasteiger partial charge in [-0.3, -0.25) is 0 Å². The standard InChI is InChI=1S/C21H17BrF3N5/c22-14-4-5-17-16(11-14)18-19(28-17)20(27-12-26-18)30-8-6-29(7-9-30)15-3-1-2-13(10-15)21(23,24)25/h1-5,10-12,28H,6-9H2. The summed E-state index contributed by atoms with van der Waals surface area (Å²) < 4.78 is 40.1. The summed E-state index contributed by atoms with van der Waals surface area (Å²) >= 11 is 3.50. The second-order valence-electron chi connectivity index (χ2n) is 7.26. The molecule has 30 heavy (non-hydrogen) atoms. The molecule has 154 valence electrons. The monoisotopic (exact) mass is 475 g/mol. The van der Waals surface area contributed by atoms with Gasteiger partial charge in [0, 0.05) is 47.2 Å². The lowest BCUT2D eigenvalue weighted by molar-refractivity contribution is -0.137. The van der Waals surface area contributed by atoms with Gasteiger partial charge in [0.2, 0.25) is 0 Å². The highest BCUT2D eigenvalue weighted by molar-refractivity contribution is 9.10. The summed E-state index contributed by atoms with van der Waals surface area (Å²) in [6.45, 7) is 2.53. The first-order valence-electron chi connectivity index (χ1n) is 9.49. The molecular formula is C21H17BrF3N5. The Kier molecular flexibility index (Phi) is 4.57. The van der Waals surface area contributed by atoms with E-state index >= 15 is 0 Å². The molecule has 5 nitrogen and oxygen atoms in total. The van der Waals surface area contributed by atoms with E-state index in [9.17, 15) is 13.2 Å². The smallest absolute Gasteiger partial charge is 0.368 e. The number of nitrogens with zero attached hydrogens (tertiary/aromatic N) is 4. The van der Waals surface area contributed by atoms with Gasteiger partial charge in [-0.05, 0) is 36.4 Å². The molecule has 3 heterocycles. The van der Waals surface area contributed by atoms with Crippen LogP contribution in [0.5, 0.6) is 0 Å². The van der Waals surface area contributed by atoms with Crippen molar-refractivity contribution >= 4 is 49.4 Å². The van der Waals surface area contributed by atoms with Crippen LogP contribution in [0.4, 0.5) is 24.7 Å². The molecule has 0 unspecified atom stereocenters. The molecule has 5 rings (SSSR count). The molecular weight excluding hydrogens is 459 g/mol. The molecule has 2 aromatic heterocycles. The molecule has 0 spiro atoms. The third-order valence-electron chi connectivity index (χ3n) is 5.44. The molecule has 0 saturated carbocycles. The average molecular weight is 476 g/mol. The van der Waals surface area contributed by atoms with Crippen molar-refractivity contribution in [2.24, 2.45) is 0 Å². The fraction of sp³-hybridized carbons (Fsp3) is 0.238. The number of aromatic nitrogens is 3. The second kappa shape index (κ2) is 7.16. The topological polar surface area (TPSA) is 48.1 Å². The van der Waals surface area contributed by atoms with Gasteiger partial charge in [-0.15, -0.1) is 0 Å². The van der Waals surface area contributed by atoms with Gasteiger partial charge in [0.1, 0.15) is 17.4 Å². The molecule has 2 aromatic carbocycles. The van der Waals surface area contributed by atoms with Crippen molar-refractivity contribution in [1.29, 1.82) is 0 Å². The highest BCUT2D eigenvalue weighted by Gasteiger charge is 2.31. The number of halogens is 4. The van der Waals surface area contributed by atoms with Crippen molar-refractivity contribution in [1.82, 2.24) is 15.0 Å². The van der Waals surface area contributed by atoms with Crippen LogP contribution in [-0.2, 0) is 6.18 Å². The molecule has 4 aromatic rings. The predicted molar refractivity (Wildman–Crippen MR) is 115 cm³/mol. The molecule has 1 aliphatic rings. The van der Waals surface area contributed by atoms with Crippen LogP contribution in [0.1, 0.15) is 5.56 Å². The van der Waals surface area contributed by atoms with E-state index in [2.05, 4.69) is 35.8 Å².